The number of rotatable bonds is 17. The molecular weight excluding hydrogens is 1600 g/mol. The summed E-state index contributed by atoms with van der Waals surface area (Å²) in [6.07, 6.45) is 4.05. The van der Waals surface area contributed by atoms with Crippen molar-refractivity contribution < 1.29 is 58.7 Å². The van der Waals surface area contributed by atoms with Gasteiger partial charge in [-0.05, 0) is 204 Å². The van der Waals surface area contributed by atoms with Crippen molar-refractivity contribution in [2.75, 3.05) is 0 Å². The van der Waals surface area contributed by atoms with Crippen LogP contribution in [0.3, 0.4) is 0 Å². The zero-order chi connectivity index (χ0) is 87.0. The van der Waals surface area contributed by atoms with E-state index >= 15 is 0 Å². The number of benzene rings is 4. The molecule has 12 heterocycles. The fraction of sp³-hybridized carbons (Fsp3) is 0.209. The van der Waals surface area contributed by atoms with Crippen LogP contribution in [0.1, 0.15) is 160 Å². The van der Waals surface area contributed by atoms with Crippen molar-refractivity contribution in [3.8, 4) is 44.5 Å². The fourth-order valence-electron chi connectivity index (χ4n) is 14.3. The van der Waals surface area contributed by atoms with Crippen molar-refractivity contribution in [3.05, 3.63) is 308 Å². The molecule has 16 aromatic rings. The van der Waals surface area contributed by atoms with Gasteiger partial charge < -0.3 is 5.73 Å². The number of halogens is 10. The van der Waals surface area contributed by atoms with Gasteiger partial charge in [-0.15, -0.1) is 0 Å². The Kier molecular flexibility index (Phi) is 23.9. The maximum absolute atomic E-state index is 13.4. The number of carbonyl (C=O) groups is 4. The van der Waals surface area contributed by atoms with Crippen LogP contribution in [0.4, 0.5) is 39.5 Å². The molecular formula is C91H75ClF9N17O4. The van der Waals surface area contributed by atoms with Gasteiger partial charge in [0.2, 0.25) is 0 Å². The van der Waals surface area contributed by atoms with E-state index in [-0.39, 0.29) is 47.0 Å². The second-order valence-electron chi connectivity index (χ2n) is 30.0. The smallest absolute Gasteiger partial charge is 0.364 e. The summed E-state index contributed by atoms with van der Waals surface area (Å²) in [6, 6.07) is 42.9. The summed E-state index contributed by atoms with van der Waals surface area (Å²) >= 11 is 5.79. The number of amides is 1. The molecule has 2 N–H and O–H groups in total. The van der Waals surface area contributed by atoms with Crippen molar-refractivity contribution in [1.29, 1.82) is 0 Å². The molecule has 0 unspecified atom stereocenters. The quantitative estimate of drug-likeness (QED) is 0.0504. The van der Waals surface area contributed by atoms with Crippen LogP contribution >= 0.6 is 11.6 Å². The minimum Gasteiger partial charge on any atom is -0.364 e. The molecule has 618 valence electrons. The molecule has 21 nitrogen and oxygen atoms in total. The Labute approximate surface area is 696 Å². The van der Waals surface area contributed by atoms with E-state index in [9.17, 15) is 58.7 Å². The van der Waals surface area contributed by atoms with Crippen LogP contribution < -0.4 is 5.73 Å². The van der Waals surface area contributed by atoms with E-state index in [0.717, 1.165) is 143 Å². The molecule has 31 heteroatoms. The number of nitrogens with two attached hydrogens (primary N) is 1. The van der Waals surface area contributed by atoms with Gasteiger partial charge in [-0.3, -0.25) is 42.9 Å². The topological polar surface area (TPSA) is 269 Å². The third kappa shape index (κ3) is 20.2. The lowest BCUT2D eigenvalue weighted by molar-refractivity contribution is -0.142. The molecule has 1 aliphatic carbocycles. The first-order chi connectivity index (χ1) is 57.9. The van der Waals surface area contributed by atoms with Crippen LogP contribution in [-0.2, 0) is 72.4 Å². The summed E-state index contributed by atoms with van der Waals surface area (Å²) in [5, 5.41) is 20.1. The molecule has 17 rings (SSSR count). The summed E-state index contributed by atoms with van der Waals surface area (Å²) in [5.74, 6) is -0.951. The first-order valence-electron chi connectivity index (χ1n) is 38.2. The lowest BCUT2D eigenvalue weighted by Gasteiger charge is -2.12. The second-order valence-corrected chi connectivity index (χ2v) is 30.4. The standard InChI is InChI=1S/C25H21F3N4O.C22H16ClF3N4O.C22H17F3N4O.C22H21N5O/c1-14(33)21-11-20(18-12-29-32(2)13-18)19-6-3-15(8-23(19)30-21)7-16-9-22(17-4-5-17)31-24(10-16)25(26,27)28;1-12(31)18-9-17(15-10-27-30(2)11-15)16-4-3-13(6-19(16)28-18)5-14-7-20(22(24,25)26)29-21(23)8-14;1-13(30)19-10-18(15-11-26-29(2)12-15)17-7-6-14(9-20(17)28-19)8-16-4-3-5-21(27-16)22(23,24)25;1-13-6-16(7-14(2)25-13)8-15-4-5-18-19(17-11-24-27(3)12-17)10-21(22(23)28)26-20(18)9-15/h3,6,8-13,17H,4-5,7H2,1-2H3;3-4,6-11H,5H2,1-2H3;3-7,9-12H,8H2,1-2H3;4-7,9-12H,8H2,1-3H3,(H2,23,28). The summed E-state index contributed by atoms with van der Waals surface area (Å²) in [4.78, 5) is 81.2. The number of pyridine rings is 8. The van der Waals surface area contributed by atoms with Gasteiger partial charge in [0.1, 0.15) is 45.0 Å². The van der Waals surface area contributed by atoms with Crippen LogP contribution in [0, 0.1) is 13.8 Å². The van der Waals surface area contributed by atoms with Crippen LogP contribution in [0.25, 0.3) is 88.1 Å². The van der Waals surface area contributed by atoms with E-state index in [4.69, 9.17) is 17.3 Å². The Morgan fingerprint density at radius 2 is 0.713 bits per heavy atom. The molecule has 1 fully saturated rings. The van der Waals surface area contributed by atoms with Gasteiger partial charge in [0.15, 0.2) is 17.3 Å². The zero-order valence-corrected chi connectivity index (χ0v) is 67.8. The monoisotopic (exact) mass is 1680 g/mol. The third-order valence-corrected chi connectivity index (χ3v) is 20.3. The number of primary amides is 1. The number of fused-ring (bicyclic) bond motifs is 4. The number of aromatic nitrogens is 16. The first-order valence-corrected chi connectivity index (χ1v) is 38.6. The lowest BCUT2D eigenvalue weighted by atomic mass is 9.97. The van der Waals surface area contributed by atoms with E-state index < -0.39 is 41.5 Å². The zero-order valence-electron chi connectivity index (χ0n) is 67.0. The molecule has 1 aliphatic rings. The van der Waals surface area contributed by atoms with Crippen LogP contribution in [-0.4, -0.2) is 102 Å². The van der Waals surface area contributed by atoms with Crippen LogP contribution in [0.15, 0.2) is 201 Å². The highest BCUT2D eigenvalue weighted by molar-refractivity contribution is 6.29. The SMILES string of the molecule is CC(=O)c1cc(-c2cnn(C)c2)c2ccc(Cc3cc(C4CC4)nc(C(F)(F)F)c3)cc2n1.CC(=O)c1cc(-c2cnn(C)c2)c2ccc(Cc3cc(Cl)nc(C(F)(F)F)c3)cc2n1.CC(=O)c1cc(-c2cnn(C)c2)c2ccc(Cc3cccc(C(F)(F)F)n3)cc2n1.Cc1cc(Cc2ccc3c(-c4cnn(C)c4)cc(C(N)=O)nc3c2)cc(C)n1. The van der Waals surface area contributed by atoms with Gasteiger partial charge in [-0.1, -0.05) is 66.2 Å². The van der Waals surface area contributed by atoms with Gasteiger partial charge in [-0.25, -0.2) is 34.9 Å². The average Bonchev–Trinajstić information content (AvgIpc) is 1.17. The highest BCUT2D eigenvalue weighted by Gasteiger charge is 2.37. The lowest BCUT2D eigenvalue weighted by Crippen LogP contribution is -2.13. The maximum Gasteiger partial charge on any atom is 0.433 e. The predicted molar refractivity (Wildman–Crippen MR) is 444 cm³/mol. The minimum atomic E-state index is -4.58. The number of nitrogens with zero attached hydrogens (tertiary/aromatic N) is 16. The number of hydrogen-bond acceptors (Lipinski definition) is 16. The van der Waals surface area contributed by atoms with E-state index in [0.29, 0.717) is 62.6 Å². The summed E-state index contributed by atoms with van der Waals surface area (Å²) < 4.78 is 125. The molecule has 1 amide bonds. The Bertz CT molecular complexity index is 6760. The number of ketones is 3. The van der Waals surface area contributed by atoms with Crippen molar-refractivity contribution in [1.82, 2.24) is 79.0 Å². The predicted octanol–water partition coefficient (Wildman–Crippen LogP) is 19.4. The Hall–Kier alpha value is -13.9. The summed E-state index contributed by atoms with van der Waals surface area (Å²) in [6.45, 7) is 8.33. The maximum atomic E-state index is 13.4. The van der Waals surface area contributed by atoms with Gasteiger partial charge >= 0.3 is 18.5 Å². The Balaban J connectivity index is 0.000000133. The number of carbonyl (C=O) groups excluding carboxylic acids is 4. The fourth-order valence-corrected chi connectivity index (χ4v) is 14.5. The molecule has 0 bridgehead atoms. The second kappa shape index (κ2) is 34.4. The molecule has 4 aromatic carbocycles. The number of Topliss-reactive ketones (excluding diaryl/α,β-unsaturated/α-hetero) is 3. The van der Waals surface area contributed by atoms with Gasteiger partial charge in [0.25, 0.3) is 5.91 Å². The first kappa shape index (κ1) is 84.6. The highest BCUT2D eigenvalue weighted by Crippen LogP contribution is 2.42. The van der Waals surface area contributed by atoms with E-state index in [2.05, 4.69) is 78.5 Å². The largest absolute Gasteiger partial charge is 0.433 e. The Morgan fingerprint density at radius 1 is 0.377 bits per heavy atom. The number of aryl methyl sites for hydroxylation is 6. The van der Waals surface area contributed by atoms with Gasteiger partial charge in [0, 0.05) is 153 Å². The number of alkyl halides is 9. The summed E-state index contributed by atoms with van der Waals surface area (Å²) in [5.41, 5.74) is 21.6. The average molecular weight is 1680 g/mol. The van der Waals surface area contributed by atoms with Crippen molar-refractivity contribution in [2.24, 2.45) is 33.9 Å². The molecule has 1 saturated carbocycles. The number of hydrogen-bond donors (Lipinski definition) is 1. The van der Waals surface area contributed by atoms with E-state index in [1.165, 1.54) is 38.5 Å². The molecule has 12 aromatic heterocycles. The molecule has 0 saturated heterocycles. The van der Waals surface area contributed by atoms with Crippen molar-refractivity contribution >= 4 is 78.5 Å². The van der Waals surface area contributed by atoms with Crippen LogP contribution in [0.5, 0.6) is 0 Å². The van der Waals surface area contributed by atoms with Gasteiger partial charge in [0.05, 0.1) is 46.9 Å². The van der Waals surface area contributed by atoms with E-state index in [1.807, 2.05) is 107 Å². The normalized spacial score (nSPS) is 12.3. The van der Waals surface area contributed by atoms with Crippen molar-refractivity contribution in [2.45, 2.75) is 97.6 Å². The third-order valence-electron chi connectivity index (χ3n) is 20.1. The van der Waals surface area contributed by atoms with Gasteiger partial charge in [-0.2, -0.15) is 59.9 Å². The van der Waals surface area contributed by atoms with Crippen LogP contribution in [0.2, 0.25) is 5.15 Å². The molecule has 0 radical (unpaired) electrons. The molecule has 0 aliphatic heterocycles. The minimum absolute atomic E-state index is 0.115. The molecule has 0 atom stereocenters. The highest BCUT2D eigenvalue weighted by atomic mass is 35.5. The molecule has 0 spiro atoms. The van der Waals surface area contributed by atoms with E-state index in [1.54, 1.807) is 106 Å². The Morgan fingerprint density at radius 3 is 1.05 bits per heavy atom. The summed E-state index contributed by atoms with van der Waals surface area (Å²) in [7, 11) is 7.28. The van der Waals surface area contributed by atoms with Crippen molar-refractivity contribution in [3.63, 3.8) is 0 Å². The molecule has 122 heavy (non-hydrogen) atoms.